The summed E-state index contributed by atoms with van der Waals surface area (Å²) >= 11 is 0. The lowest BCUT2D eigenvalue weighted by Crippen LogP contribution is -2.38. The van der Waals surface area contributed by atoms with Gasteiger partial charge in [0.25, 0.3) is 0 Å². The van der Waals surface area contributed by atoms with Crippen LogP contribution in [0.3, 0.4) is 0 Å². The molecule has 1 amide bonds. The van der Waals surface area contributed by atoms with Crippen LogP contribution in [0.5, 0.6) is 0 Å². The summed E-state index contributed by atoms with van der Waals surface area (Å²) in [4.78, 5) is 11.8. The normalized spacial score (nSPS) is 13.1. The van der Waals surface area contributed by atoms with Crippen LogP contribution in [-0.2, 0) is 4.79 Å². The van der Waals surface area contributed by atoms with Crippen LogP contribution in [0.15, 0.2) is 30.3 Å². The first-order valence-corrected chi connectivity index (χ1v) is 6.48. The third kappa shape index (κ3) is 5.82. The van der Waals surface area contributed by atoms with Crippen LogP contribution >= 0.6 is 0 Å². The van der Waals surface area contributed by atoms with Crippen molar-refractivity contribution >= 4 is 5.91 Å². The van der Waals surface area contributed by atoms with E-state index >= 15 is 0 Å². The number of rotatable bonds is 5. The zero-order valence-electron chi connectivity index (χ0n) is 11.8. The summed E-state index contributed by atoms with van der Waals surface area (Å²) in [7, 11) is 0. The monoisotopic (exact) mass is 248 g/mol. The van der Waals surface area contributed by atoms with Crippen molar-refractivity contribution in [3.8, 4) is 0 Å². The Morgan fingerprint density at radius 2 is 1.83 bits per heavy atom. The van der Waals surface area contributed by atoms with Gasteiger partial charge in [-0.05, 0) is 33.3 Å². The number of amides is 1. The van der Waals surface area contributed by atoms with Crippen LogP contribution in [0.25, 0.3) is 0 Å². The zero-order valence-corrected chi connectivity index (χ0v) is 11.8. The molecule has 0 heterocycles. The molecule has 0 fully saturated rings. The van der Waals surface area contributed by atoms with Crippen molar-refractivity contribution in [2.24, 2.45) is 0 Å². The Morgan fingerprint density at radius 3 is 2.39 bits per heavy atom. The lowest BCUT2D eigenvalue weighted by Gasteiger charge is -2.20. The SMILES string of the molecule is C[C@H](NC(=O)CCNC(C)(C)C)c1ccccc1. The van der Waals surface area contributed by atoms with Crippen molar-refractivity contribution in [3.05, 3.63) is 35.9 Å². The Balaban J connectivity index is 2.32. The Labute approximate surface area is 110 Å². The average molecular weight is 248 g/mol. The van der Waals surface area contributed by atoms with Crippen LogP contribution < -0.4 is 10.6 Å². The van der Waals surface area contributed by atoms with Gasteiger partial charge in [0.2, 0.25) is 5.91 Å². The first-order valence-electron chi connectivity index (χ1n) is 6.48. The number of benzene rings is 1. The molecule has 1 aromatic rings. The number of nitrogens with one attached hydrogen (secondary N) is 2. The largest absolute Gasteiger partial charge is 0.350 e. The maximum Gasteiger partial charge on any atom is 0.221 e. The number of carbonyl (C=O) groups is 1. The third-order valence-electron chi connectivity index (χ3n) is 2.68. The maximum absolute atomic E-state index is 11.8. The third-order valence-corrected chi connectivity index (χ3v) is 2.68. The fraction of sp³-hybridized carbons (Fsp3) is 0.533. The summed E-state index contributed by atoms with van der Waals surface area (Å²) in [5.74, 6) is 0.0862. The molecule has 100 valence electrons. The highest BCUT2D eigenvalue weighted by atomic mass is 16.1. The molecule has 2 N–H and O–H groups in total. The van der Waals surface area contributed by atoms with Gasteiger partial charge in [0, 0.05) is 18.5 Å². The van der Waals surface area contributed by atoms with Crippen LogP contribution in [0.4, 0.5) is 0 Å². The molecule has 0 radical (unpaired) electrons. The first kappa shape index (κ1) is 14.7. The lowest BCUT2D eigenvalue weighted by atomic mass is 10.1. The molecule has 18 heavy (non-hydrogen) atoms. The van der Waals surface area contributed by atoms with E-state index in [4.69, 9.17) is 0 Å². The highest BCUT2D eigenvalue weighted by Gasteiger charge is 2.11. The van der Waals surface area contributed by atoms with E-state index in [1.54, 1.807) is 0 Å². The van der Waals surface area contributed by atoms with Crippen molar-refractivity contribution in [1.29, 1.82) is 0 Å². The molecule has 0 spiro atoms. The summed E-state index contributed by atoms with van der Waals surface area (Å²) in [5, 5.41) is 6.31. The molecule has 0 saturated heterocycles. The average Bonchev–Trinajstić information content (AvgIpc) is 2.28. The molecule has 0 aliphatic carbocycles. The molecule has 0 bridgehead atoms. The van der Waals surface area contributed by atoms with Crippen molar-refractivity contribution in [2.45, 2.75) is 45.7 Å². The van der Waals surface area contributed by atoms with Gasteiger partial charge in [-0.1, -0.05) is 30.3 Å². The maximum atomic E-state index is 11.8. The molecular weight excluding hydrogens is 224 g/mol. The van der Waals surface area contributed by atoms with E-state index in [1.807, 2.05) is 37.3 Å². The molecule has 0 aliphatic heterocycles. The Kier molecular flexibility index (Phi) is 5.35. The van der Waals surface area contributed by atoms with Gasteiger partial charge in [-0.25, -0.2) is 0 Å². The minimum absolute atomic E-state index is 0.0608. The molecule has 3 heteroatoms. The standard InChI is InChI=1S/C15H24N2O/c1-12(13-8-6-5-7-9-13)17-14(18)10-11-16-15(2,3)4/h5-9,12,16H,10-11H2,1-4H3,(H,17,18)/t12-/m0/s1. The fourth-order valence-corrected chi connectivity index (χ4v) is 1.69. The van der Waals surface area contributed by atoms with E-state index in [2.05, 4.69) is 31.4 Å². The Morgan fingerprint density at radius 1 is 1.22 bits per heavy atom. The van der Waals surface area contributed by atoms with Crippen molar-refractivity contribution in [3.63, 3.8) is 0 Å². The zero-order chi connectivity index (χ0) is 13.6. The molecule has 1 aromatic carbocycles. The summed E-state index contributed by atoms with van der Waals surface area (Å²) in [6, 6.07) is 10.1. The first-order chi connectivity index (χ1) is 8.38. The molecule has 0 aromatic heterocycles. The second-order valence-corrected chi connectivity index (χ2v) is 5.63. The van der Waals surface area contributed by atoms with E-state index in [-0.39, 0.29) is 17.5 Å². The van der Waals surface area contributed by atoms with Gasteiger partial charge in [0.1, 0.15) is 0 Å². The lowest BCUT2D eigenvalue weighted by molar-refractivity contribution is -0.121. The Hall–Kier alpha value is -1.35. The van der Waals surface area contributed by atoms with Crippen LogP contribution in [0, 0.1) is 0 Å². The highest BCUT2D eigenvalue weighted by Crippen LogP contribution is 2.11. The topological polar surface area (TPSA) is 41.1 Å². The minimum atomic E-state index is 0.0608. The summed E-state index contributed by atoms with van der Waals surface area (Å²) in [6.07, 6.45) is 0.508. The summed E-state index contributed by atoms with van der Waals surface area (Å²) in [6.45, 7) is 8.99. The predicted octanol–water partition coefficient (Wildman–Crippen LogP) is 2.64. The van der Waals surface area contributed by atoms with Gasteiger partial charge >= 0.3 is 0 Å². The molecule has 1 rings (SSSR count). The van der Waals surface area contributed by atoms with Crippen molar-refractivity contribution < 1.29 is 4.79 Å². The summed E-state index contributed by atoms with van der Waals surface area (Å²) < 4.78 is 0. The second kappa shape index (κ2) is 6.55. The Bertz CT molecular complexity index is 368. The van der Waals surface area contributed by atoms with Crippen molar-refractivity contribution in [1.82, 2.24) is 10.6 Å². The molecule has 1 atom stereocenters. The highest BCUT2D eigenvalue weighted by molar-refractivity contribution is 5.76. The van der Waals surface area contributed by atoms with Gasteiger partial charge < -0.3 is 10.6 Å². The fourth-order valence-electron chi connectivity index (χ4n) is 1.69. The quantitative estimate of drug-likeness (QED) is 0.841. The molecule has 0 aliphatic rings. The van der Waals surface area contributed by atoms with Crippen LogP contribution in [0.2, 0.25) is 0 Å². The van der Waals surface area contributed by atoms with Gasteiger partial charge in [0.15, 0.2) is 0 Å². The summed E-state index contributed by atoms with van der Waals surface area (Å²) in [5.41, 5.74) is 1.19. The van der Waals surface area contributed by atoms with E-state index in [1.165, 1.54) is 0 Å². The molecule has 3 nitrogen and oxygen atoms in total. The smallest absolute Gasteiger partial charge is 0.221 e. The van der Waals surface area contributed by atoms with Gasteiger partial charge in [-0.2, -0.15) is 0 Å². The minimum Gasteiger partial charge on any atom is -0.350 e. The predicted molar refractivity (Wildman–Crippen MR) is 75.4 cm³/mol. The number of hydrogen-bond donors (Lipinski definition) is 2. The van der Waals surface area contributed by atoms with E-state index in [0.29, 0.717) is 13.0 Å². The van der Waals surface area contributed by atoms with Gasteiger partial charge in [0.05, 0.1) is 6.04 Å². The van der Waals surface area contributed by atoms with Crippen molar-refractivity contribution in [2.75, 3.05) is 6.54 Å². The number of carbonyl (C=O) groups excluding carboxylic acids is 1. The van der Waals surface area contributed by atoms with E-state index in [9.17, 15) is 4.79 Å². The van der Waals surface area contributed by atoms with Gasteiger partial charge in [-0.3, -0.25) is 4.79 Å². The molecule has 0 unspecified atom stereocenters. The molecular formula is C15H24N2O. The van der Waals surface area contributed by atoms with Crippen LogP contribution in [0.1, 0.15) is 45.7 Å². The number of hydrogen-bond acceptors (Lipinski definition) is 2. The molecule has 0 saturated carbocycles. The second-order valence-electron chi connectivity index (χ2n) is 5.63. The van der Waals surface area contributed by atoms with E-state index in [0.717, 1.165) is 5.56 Å². The van der Waals surface area contributed by atoms with Gasteiger partial charge in [-0.15, -0.1) is 0 Å². The van der Waals surface area contributed by atoms with Crippen LogP contribution in [-0.4, -0.2) is 18.0 Å². The van der Waals surface area contributed by atoms with E-state index < -0.39 is 0 Å².